The van der Waals surface area contributed by atoms with Crippen LogP contribution in [0.25, 0.3) is 5.70 Å². The number of nitrogens with zero attached hydrogens (tertiary/aromatic N) is 1. The van der Waals surface area contributed by atoms with Gasteiger partial charge in [0.15, 0.2) is 0 Å². The van der Waals surface area contributed by atoms with Crippen LogP contribution in [-0.2, 0) is 0 Å². The number of allylic oxidation sites excluding steroid dienone is 1. The van der Waals surface area contributed by atoms with Gasteiger partial charge in [0.25, 0.3) is 0 Å². The first kappa shape index (κ1) is 20.6. The topological polar surface area (TPSA) is 121 Å². The number of rotatable bonds is 8. The maximum absolute atomic E-state index is 10.2. The maximum atomic E-state index is 10.2. The summed E-state index contributed by atoms with van der Waals surface area (Å²) >= 11 is 0. The highest BCUT2D eigenvalue weighted by molar-refractivity contribution is 5.97. The van der Waals surface area contributed by atoms with Crippen LogP contribution in [0, 0.1) is 0 Å². The summed E-state index contributed by atoms with van der Waals surface area (Å²) in [6, 6.07) is 7.48. The van der Waals surface area contributed by atoms with Crippen molar-refractivity contribution in [1.29, 1.82) is 0 Å². The summed E-state index contributed by atoms with van der Waals surface area (Å²) in [7, 11) is 1.81. The van der Waals surface area contributed by atoms with Gasteiger partial charge in [-0.1, -0.05) is 19.1 Å². The predicted octanol–water partition coefficient (Wildman–Crippen LogP) is 1.23. The third-order valence-electron chi connectivity index (χ3n) is 4.52. The summed E-state index contributed by atoms with van der Waals surface area (Å²) in [5.74, 6) is 0.530. The number of hydrogen-bond donors (Lipinski definition) is 6. The van der Waals surface area contributed by atoms with E-state index < -0.39 is 0 Å². The number of phenolic OH excluding ortho intramolecular Hbond substituents is 1. The first-order valence-corrected chi connectivity index (χ1v) is 9.51. The van der Waals surface area contributed by atoms with Gasteiger partial charge in [-0.15, -0.1) is 0 Å². The van der Waals surface area contributed by atoms with Crippen LogP contribution in [0.2, 0.25) is 0 Å². The Morgan fingerprint density at radius 2 is 2.00 bits per heavy atom. The lowest BCUT2D eigenvalue weighted by atomic mass is 10.0. The van der Waals surface area contributed by atoms with Gasteiger partial charge < -0.3 is 32.5 Å². The van der Waals surface area contributed by atoms with Crippen LogP contribution < -0.4 is 27.4 Å². The van der Waals surface area contributed by atoms with E-state index in [1.165, 1.54) is 0 Å². The predicted molar refractivity (Wildman–Crippen MR) is 112 cm³/mol. The highest BCUT2D eigenvalue weighted by Gasteiger charge is 2.17. The molecule has 0 radical (unpaired) electrons. The first-order valence-electron chi connectivity index (χ1n) is 9.51. The van der Waals surface area contributed by atoms with Crippen molar-refractivity contribution >= 4 is 11.5 Å². The number of phenols is 1. The molecule has 0 unspecified atom stereocenters. The van der Waals surface area contributed by atoms with Crippen LogP contribution in [0.15, 0.2) is 46.7 Å². The molecule has 7 heteroatoms. The summed E-state index contributed by atoms with van der Waals surface area (Å²) < 4.78 is 0. The Balaban J connectivity index is 2.42. The number of piperidine rings is 1. The van der Waals surface area contributed by atoms with Gasteiger partial charge in [0.1, 0.15) is 11.6 Å². The second-order valence-corrected chi connectivity index (χ2v) is 6.59. The van der Waals surface area contributed by atoms with Gasteiger partial charge in [0.05, 0.1) is 11.4 Å². The molecule has 1 aromatic rings. The lowest BCUT2D eigenvalue weighted by Crippen LogP contribution is -2.41. The Labute approximate surface area is 161 Å². The Morgan fingerprint density at radius 3 is 2.63 bits per heavy atom. The Morgan fingerprint density at radius 1 is 1.30 bits per heavy atom. The largest absolute Gasteiger partial charge is 0.507 e. The van der Waals surface area contributed by atoms with Crippen LogP contribution in [0.4, 0.5) is 0 Å². The number of para-hydroxylation sites is 1. The summed E-state index contributed by atoms with van der Waals surface area (Å²) in [5, 5.41) is 20.2. The fourth-order valence-electron chi connectivity index (χ4n) is 2.97. The van der Waals surface area contributed by atoms with Crippen molar-refractivity contribution < 1.29 is 5.11 Å². The summed E-state index contributed by atoms with van der Waals surface area (Å²) in [4.78, 5) is 4.34. The number of benzene rings is 1. The average molecular weight is 373 g/mol. The maximum Gasteiger partial charge on any atom is 0.144 e. The molecule has 1 heterocycles. The zero-order chi connectivity index (χ0) is 19.6. The van der Waals surface area contributed by atoms with Gasteiger partial charge in [-0.2, -0.15) is 0 Å². The molecule has 148 valence electrons. The highest BCUT2D eigenvalue weighted by atomic mass is 16.3. The normalized spacial score (nSPS) is 17.4. The molecule has 0 saturated carbocycles. The quantitative estimate of drug-likeness (QED) is 0.232. The number of aromatic hydroxyl groups is 1. The van der Waals surface area contributed by atoms with Gasteiger partial charge >= 0.3 is 0 Å². The van der Waals surface area contributed by atoms with Crippen molar-refractivity contribution in [3.05, 3.63) is 47.3 Å². The third kappa shape index (κ3) is 5.92. The van der Waals surface area contributed by atoms with Crippen molar-refractivity contribution in [2.45, 2.75) is 32.2 Å². The molecule has 1 saturated heterocycles. The van der Waals surface area contributed by atoms with Gasteiger partial charge in [-0.3, -0.25) is 4.99 Å². The van der Waals surface area contributed by atoms with Crippen molar-refractivity contribution in [2.75, 3.05) is 26.7 Å². The van der Waals surface area contributed by atoms with Crippen molar-refractivity contribution in [1.82, 2.24) is 16.0 Å². The number of aliphatic imine (C=N–C) groups is 1. The van der Waals surface area contributed by atoms with Gasteiger partial charge in [0.2, 0.25) is 0 Å². The van der Waals surface area contributed by atoms with E-state index in [0.29, 0.717) is 35.4 Å². The molecule has 1 aliphatic rings. The minimum atomic E-state index is 0.200. The Kier molecular flexibility index (Phi) is 8.00. The molecule has 2 rings (SSSR count). The SMILES string of the molecule is CCCN=C(N)/C(N)=C(/C=C(\NC)c1ccccc1O)NC1CCNCC1. The molecule has 7 nitrogen and oxygen atoms in total. The molecule has 1 fully saturated rings. The van der Waals surface area contributed by atoms with Crippen LogP contribution in [0.5, 0.6) is 5.75 Å². The molecular weight excluding hydrogens is 340 g/mol. The minimum Gasteiger partial charge on any atom is -0.507 e. The molecule has 0 bridgehead atoms. The molecule has 1 aliphatic heterocycles. The lowest BCUT2D eigenvalue weighted by molar-refractivity contribution is 0.414. The third-order valence-corrected chi connectivity index (χ3v) is 4.52. The van der Waals surface area contributed by atoms with Crippen LogP contribution in [-0.4, -0.2) is 43.7 Å². The minimum absolute atomic E-state index is 0.200. The highest BCUT2D eigenvalue weighted by Crippen LogP contribution is 2.24. The molecule has 27 heavy (non-hydrogen) atoms. The first-order chi connectivity index (χ1) is 13.1. The zero-order valence-corrected chi connectivity index (χ0v) is 16.3. The zero-order valence-electron chi connectivity index (χ0n) is 16.3. The number of hydrogen-bond acceptors (Lipinski definition) is 6. The van der Waals surface area contributed by atoms with Crippen LogP contribution in [0.1, 0.15) is 31.7 Å². The molecule has 0 atom stereocenters. The van der Waals surface area contributed by atoms with Gasteiger partial charge in [0, 0.05) is 30.9 Å². The molecule has 1 aromatic carbocycles. The summed E-state index contributed by atoms with van der Waals surface area (Å²) in [6.07, 6.45) is 4.80. The molecule has 0 aromatic heterocycles. The van der Waals surface area contributed by atoms with E-state index in [9.17, 15) is 5.11 Å². The molecule has 0 aliphatic carbocycles. The number of amidine groups is 1. The molecule has 0 amide bonds. The molecule has 0 spiro atoms. The standard InChI is InChI=1S/C20H32N6O/c1-3-10-25-20(22)19(21)17(26-14-8-11-24-12-9-14)13-16(23-2)15-6-4-5-7-18(15)27/h4-7,13-14,23-24,26-27H,3,8-12,21H2,1-2H3,(H2,22,25)/b16-13-,19-17+. The fraction of sp³-hybridized carbons (Fsp3) is 0.450. The second kappa shape index (κ2) is 10.5. The van der Waals surface area contributed by atoms with Crippen LogP contribution >= 0.6 is 0 Å². The van der Waals surface area contributed by atoms with Gasteiger partial charge in [-0.25, -0.2) is 0 Å². The van der Waals surface area contributed by atoms with E-state index in [4.69, 9.17) is 11.5 Å². The van der Waals surface area contributed by atoms with Crippen molar-refractivity contribution in [2.24, 2.45) is 16.5 Å². The van der Waals surface area contributed by atoms with E-state index in [0.717, 1.165) is 38.0 Å². The Hall–Kier alpha value is -2.67. The summed E-state index contributed by atoms with van der Waals surface area (Å²) in [5.41, 5.74) is 15.0. The van der Waals surface area contributed by atoms with E-state index in [2.05, 4.69) is 20.9 Å². The average Bonchev–Trinajstić information content (AvgIpc) is 2.70. The van der Waals surface area contributed by atoms with Crippen molar-refractivity contribution in [3.63, 3.8) is 0 Å². The molecular formula is C20H32N6O. The second-order valence-electron chi connectivity index (χ2n) is 6.59. The van der Waals surface area contributed by atoms with Crippen LogP contribution in [0.3, 0.4) is 0 Å². The summed E-state index contributed by atoms with van der Waals surface area (Å²) in [6.45, 7) is 4.61. The van der Waals surface area contributed by atoms with Gasteiger partial charge in [-0.05, 0) is 50.6 Å². The van der Waals surface area contributed by atoms with E-state index in [1.54, 1.807) is 12.1 Å². The Bertz CT molecular complexity index is 704. The molecule has 8 N–H and O–H groups in total. The van der Waals surface area contributed by atoms with E-state index in [1.807, 2.05) is 32.2 Å². The smallest absolute Gasteiger partial charge is 0.144 e. The number of nitrogens with one attached hydrogen (secondary N) is 3. The van der Waals surface area contributed by atoms with Crippen molar-refractivity contribution in [3.8, 4) is 5.75 Å². The fourth-order valence-corrected chi connectivity index (χ4v) is 2.97. The van der Waals surface area contributed by atoms with E-state index >= 15 is 0 Å². The monoisotopic (exact) mass is 372 g/mol. The van der Waals surface area contributed by atoms with E-state index in [-0.39, 0.29) is 5.75 Å². The lowest BCUT2D eigenvalue weighted by Gasteiger charge is -2.26. The number of nitrogens with two attached hydrogens (primary N) is 2.